The van der Waals surface area contributed by atoms with Crippen molar-refractivity contribution in [2.45, 2.75) is 120 Å². The number of hydrogen-bond acceptors (Lipinski definition) is 0. The van der Waals surface area contributed by atoms with Gasteiger partial charge in [-0.1, -0.05) is 139 Å². The number of unbranched alkanes of at least 4 members (excludes halogenated alkanes) is 2. The molecule has 0 amide bonds. The molecule has 6 aromatic rings. The van der Waals surface area contributed by atoms with Crippen LogP contribution in [0.3, 0.4) is 0 Å². The Hall–Kier alpha value is -3.15. The molecular weight excluding hydrogens is 704 g/mol. The third kappa shape index (κ3) is 12.8. The van der Waals surface area contributed by atoms with Crippen molar-refractivity contribution in [3.63, 3.8) is 0 Å². The first-order valence-electron chi connectivity index (χ1n) is 19.0. The molecule has 0 radical (unpaired) electrons. The SMILES string of the molecule is Cc1cc(C)cc(-c2cc3[cH-]c4cc(-c5cc(C)cc(C)c5)c(C(C)(C)C)cc4c3cc2C(C)(C)C)c1.[CH2-]CCC.[CH2-]CCC.[CH2]=[Zr].c1cc[cH-]c1. The average molecular weight is 770 g/mol. The molecular formula is C51H66Zr-4. The zero-order valence-corrected chi connectivity index (χ0v) is 37.1. The van der Waals surface area contributed by atoms with Gasteiger partial charge in [-0.25, -0.2) is 12.1 Å². The van der Waals surface area contributed by atoms with E-state index in [1.165, 1.54) is 114 Å². The molecule has 278 valence electrons. The van der Waals surface area contributed by atoms with Crippen molar-refractivity contribution in [3.8, 4) is 22.3 Å². The van der Waals surface area contributed by atoms with Crippen molar-refractivity contribution in [2.75, 3.05) is 0 Å². The van der Waals surface area contributed by atoms with E-state index in [-0.39, 0.29) is 10.8 Å². The van der Waals surface area contributed by atoms with Gasteiger partial charge in [0.15, 0.2) is 0 Å². The molecule has 0 aliphatic heterocycles. The van der Waals surface area contributed by atoms with Crippen LogP contribution in [0.5, 0.6) is 0 Å². The van der Waals surface area contributed by atoms with Crippen LogP contribution in [0.4, 0.5) is 0 Å². The summed E-state index contributed by atoms with van der Waals surface area (Å²) in [6.07, 6.45) is 4.56. The van der Waals surface area contributed by atoms with E-state index in [0.717, 1.165) is 12.8 Å². The van der Waals surface area contributed by atoms with Crippen LogP contribution in [0, 0.1) is 41.5 Å². The van der Waals surface area contributed by atoms with Gasteiger partial charge >= 0.3 is 28.4 Å². The van der Waals surface area contributed by atoms with E-state index in [4.69, 9.17) is 0 Å². The van der Waals surface area contributed by atoms with E-state index in [9.17, 15) is 0 Å². The fourth-order valence-corrected chi connectivity index (χ4v) is 6.41. The minimum absolute atomic E-state index is 0.0384. The van der Waals surface area contributed by atoms with Gasteiger partial charge in [-0.2, -0.15) is 31.0 Å². The Morgan fingerprint density at radius 3 is 1.08 bits per heavy atom. The van der Waals surface area contributed by atoms with Crippen LogP contribution in [0.25, 0.3) is 43.8 Å². The zero-order chi connectivity index (χ0) is 39.2. The predicted octanol–water partition coefficient (Wildman–Crippen LogP) is 15.5. The third-order valence-electron chi connectivity index (χ3n) is 8.92. The molecule has 6 aromatic carbocycles. The molecule has 0 nitrogen and oxygen atoms in total. The average Bonchev–Trinajstić information content (AvgIpc) is 3.78. The van der Waals surface area contributed by atoms with Crippen LogP contribution < -0.4 is 0 Å². The number of aryl methyl sites for hydroxylation is 4. The smallest absolute Gasteiger partial charge is 0.172 e. The van der Waals surface area contributed by atoms with Gasteiger partial charge in [0.25, 0.3) is 0 Å². The largest absolute Gasteiger partial charge is 0.214 e. The topological polar surface area (TPSA) is 0 Å². The first kappa shape index (κ1) is 45.0. The number of rotatable bonds is 4. The summed E-state index contributed by atoms with van der Waals surface area (Å²) in [6.45, 7) is 34.3. The van der Waals surface area contributed by atoms with Crippen molar-refractivity contribution in [1.82, 2.24) is 0 Å². The van der Waals surface area contributed by atoms with Gasteiger partial charge in [0, 0.05) is 0 Å². The fourth-order valence-electron chi connectivity index (χ4n) is 6.41. The van der Waals surface area contributed by atoms with Crippen molar-refractivity contribution in [1.29, 1.82) is 0 Å². The maximum absolute atomic E-state index is 3.60. The Morgan fingerprint density at radius 1 is 0.538 bits per heavy atom. The standard InChI is InChI=1S/C37H41.C5H5.2C4H9.CH2.Zr/c1-22-11-23(2)14-26(13-22)32-18-28-17-29-19-33(27-15-24(3)12-25(4)16-27)35(37(8,9)10)21-31(29)30(28)20-34(32)36(5,6)7;1-2-4-5-3-1;2*1-3-4-2;;/h11-21H,1-10H3;1-5H;2*1,3-4H2,2H3;1H2;/q4*-1;;. The van der Waals surface area contributed by atoms with E-state index >= 15 is 0 Å². The molecule has 0 fully saturated rings. The van der Waals surface area contributed by atoms with Gasteiger partial charge < -0.3 is 13.8 Å². The van der Waals surface area contributed by atoms with Crippen molar-refractivity contribution >= 4 is 25.8 Å². The first-order chi connectivity index (χ1) is 24.5. The molecule has 6 rings (SSSR count). The summed E-state index contributed by atoms with van der Waals surface area (Å²) < 4.78 is 3.34. The molecule has 0 spiro atoms. The van der Waals surface area contributed by atoms with Gasteiger partial charge in [-0.15, -0.1) is 39.7 Å². The molecule has 0 aromatic heterocycles. The summed E-state index contributed by atoms with van der Waals surface area (Å²) >= 11 is 1.30. The molecule has 52 heavy (non-hydrogen) atoms. The summed E-state index contributed by atoms with van der Waals surface area (Å²) in [5.41, 5.74) is 13.5. The van der Waals surface area contributed by atoms with Crippen LogP contribution in [0.2, 0.25) is 0 Å². The molecule has 0 saturated carbocycles. The van der Waals surface area contributed by atoms with Crippen LogP contribution >= 0.6 is 0 Å². The molecule has 0 heterocycles. The molecule has 0 aliphatic carbocycles. The Morgan fingerprint density at radius 2 is 0.846 bits per heavy atom. The second kappa shape index (κ2) is 20.9. The molecule has 0 atom stereocenters. The van der Waals surface area contributed by atoms with E-state index in [2.05, 4.69) is 168 Å². The molecule has 1 heteroatoms. The molecule has 0 unspecified atom stereocenters. The van der Waals surface area contributed by atoms with Gasteiger partial charge in [-0.05, 0) is 71.9 Å². The maximum atomic E-state index is 3.60. The van der Waals surface area contributed by atoms with Gasteiger partial charge in [0.2, 0.25) is 0 Å². The minimum atomic E-state index is 0.0384. The summed E-state index contributed by atoms with van der Waals surface area (Å²) in [5.74, 6) is 0. The third-order valence-corrected chi connectivity index (χ3v) is 8.92. The van der Waals surface area contributed by atoms with Gasteiger partial charge in [0.05, 0.1) is 0 Å². The normalized spacial score (nSPS) is 10.9. The Bertz CT molecular complexity index is 1760. The van der Waals surface area contributed by atoms with Crippen LogP contribution in [-0.4, -0.2) is 4.21 Å². The van der Waals surface area contributed by atoms with Gasteiger partial charge in [0.1, 0.15) is 0 Å². The van der Waals surface area contributed by atoms with Crippen LogP contribution in [0.1, 0.15) is 114 Å². The maximum Gasteiger partial charge on any atom is -0.172 e. The van der Waals surface area contributed by atoms with Gasteiger partial charge in [-0.3, -0.25) is 0 Å². The van der Waals surface area contributed by atoms with Crippen molar-refractivity contribution < 1.29 is 24.2 Å². The minimum Gasteiger partial charge on any atom is -0.214 e. The quantitative estimate of drug-likeness (QED) is 0.157. The van der Waals surface area contributed by atoms with Crippen molar-refractivity contribution in [3.05, 3.63) is 144 Å². The zero-order valence-electron chi connectivity index (χ0n) is 34.7. The molecule has 0 N–H and O–H groups in total. The number of hydrogen-bond donors (Lipinski definition) is 0. The van der Waals surface area contributed by atoms with E-state index in [1.807, 2.05) is 30.3 Å². The Kier molecular flexibility index (Phi) is 18.1. The molecule has 0 saturated heterocycles. The summed E-state index contributed by atoms with van der Waals surface area (Å²) in [4.78, 5) is 0. The monoisotopic (exact) mass is 768 g/mol. The number of benzene rings is 4. The Labute approximate surface area is 334 Å². The molecule has 0 aliphatic rings. The summed E-state index contributed by atoms with van der Waals surface area (Å²) in [7, 11) is 0. The predicted molar refractivity (Wildman–Crippen MR) is 234 cm³/mol. The summed E-state index contributed by atoms with van der Waals surface area (Å²) in [5, 5.41) is 5.39. The van der Waals surface area contributed by atoms with E-state index in [0.29, 0.717) is 0 Å². The second-order valence-electron chi connectivity index (χ2n) is 16.0. The number of fused-ring (bicyclic) bond motifs is 3. The van der Waals surface area contributed by atoms with E-state index in [1.54, 1.807) is 0 Å². The van der Waals surface area contributed by atoms with E-state index < -0.39 is 0 Å². The molecule has 0 bridgehead atoms. The van der Waals surface area contributed by atoms with Crippen molar-refractivity contribution in [2.24, 2.45) is 0 Å². The van der Waals surface area contributed by atoms with Crippen LogP contribution in [0.15, 0.2) is 97.1 Å². The first-order valence-corrected chi connectivity index (χ1v) is 20.8. The fraction of sp³-hybridized carbons (Fsp3) is 0.353. The van der Waals surface area contributed by atoms with Crippen LogP contribution in [-0.2, 0) is 35.1 Å². The summed E-state index contributed by atoms with van der Waals surface area (Å²) in [6, 6.07) is 36.1. The Balaban J connectivity index is 0.000000527. The second-order valence-corrected chi connectivity index (χ2v) is 16.0.